The Labute approximate surface area is 218 Å². The largest absolute Gasteiger partial charge is 0.370 e. The molecule has 0 aliphatic heterocycles. The van der Waals surface area contributed by atoms with Crippen LogP contribution < -0.4 is 0 Å². The average molecular weight is 486 g/mol. The SMILES string of the molecule is C=C(Cc1ccc(C(=C)N(C)Cc2ccc(C)cc2)cc1CCC(C)C)c1cc(Cl)c(C)cc1C. The van der Waals surface area contributed by atoms with E-state index in [4.69, 9.17) is 11.6 Å². The van der Waals surface area contributed by atoms with Crippen LogP contribution in [0.15, 0.2) is 67.8 Å². The van der Waals surface area contributed by atoms with Gasteiger partial charge in [-0.3, -0.25) is 0 Å². The number of hydrogen-bond acceptors (Lipinski definition) is 1. The first-order valence-corrected chi connectivity index (χ1v) is 13.0. The van der Waals surface area contributed by atoms with Crippen LogP contribution in [0, 0.1) is 26.7 Å². The van der Waals surface area contributed by atoms with Gasteiger partial charge < -0.3 is 4.90 Å². The van der Waals surface area contributed by atoms with E-state index < -0.39 is 0 Å². The average Bonchev–Trinajstić information content (AvgIpc) is 2.81. The third-order valence-electron chi connectivity index (χ3n) is 6.82. The van der Waals surface area contributed by atoms with Gasteiger partial charge in [0, 0.05) is 24.3 Å². The van der Waals surface area contributed by atoms with Crippen molar-refractivity contribution >= 4 is 22.9 Å². The minimum Gasteiger partial charge on any atom is -0.370 e. The molecule has 184 valence electrons. The van der Waals surface area contributed by atoms with Crippen LogP contribution in [-0.2, 0) is 19.4 Å². The maximum absolute atomic E-state index is 6.44. The molecule has 0 atom stereocenters. The molecule has 0 heterocycles. The third-order valence-corrected chi connectivity index (χ3v) is 7.23. The molecule has 0 aliphatic carbocycles. The Morgan fingerprint density at radius 1 is 0.886 bits per heavy atom. The van der Waals surface area contributed by atoms with Crippen molar-refractivity contribution < 1.29 is 0 Å². The summed E-state index contributed by atoms with van der Waals surface area (Å²) in [5.41, 5.74) is 12.1. The Bertz CT molecular complexity index is 1200. The first kappa shape index (κ1) is 26.8. The molecule has 1 nitrogen and oxygen atoms in total. The summed E-state index contributed by atoms with van der Waals surface area (Å²) in [6.07, 6.45) is 3.03. The first-order valence-electron chi connectivity index (χ1n) is 12.6. The van der Waals surface area contributed by atoms with E-state index in [1.807, 2.05) is 6.92 Å². The molecule has 0 saturated carbocycles. The molecule has 0 aliphatic rings. The second-order valence-electron chi connectivity index (χ2n) is 10.4. The summed E-state index contributed by atoms with van der Waals surface area (Å²) >= 11 is 6.44. The summed E-state index contributed by atoms with van der Waals surface area (Å²) in [6, 6.07) is 19.8. The van der Waals surface area contributed by atoms with Crippen molar-refractivity contribution in [2.24, 2.45) is 5.92 Å². The number of nitrogens with zero attached hydrogens (tertiary/aromatic N) is 1. The van der Waals surface area contributed by atoms with Crippen LogP contribution >= 0.6 is 11.6 Å². The Morgan fingerprint density at radius 3 is 2.23 bits per heavy atom. The maximum atomic E-state index is 6.44. The number of benzene rings is 3. The highest BCUT2D eigenvalue weighted by atomic mass is 35.5. The van der Waals surface area contributed by atoms with E-state index in [-0.39, 0.29) is 0 Å². The quantitative estimate of drug-likeness (QED) is 0.276. The lowest BCUT2D eigenvalue weighted by atomic mass is 9.89. The van der Waals surface area contributed by atoms with Crippen LogP contribution in [-0.4, -0.2) is 11.9 Å². The van der Waals surface area contributed by atoms with Gasteiger partial charge in [0.2, 0.25) is 0 Å². The zero-order valence-corrected chi connectivity index (χ0v) is 23.1. The topological polar surface area (TPSA) is 3.24 Å². The van der Waals surface area contributed by atoms with E-state index >= 15 is 0 Å². The van der Waals surface area contributed by atoms with Crippen LogP contribution in [0.3, 0.4) is 0 Å². The second kappa shape index (κ2) is 11.8. The van der Waals surface area contributed by atoms with Crippen molar-refractivity contribution in [3.63, 3.8) is 0 Å². The van der Waals surface area contributed by atoms with Crippen molar-refractivity contribution in [3.05, 3.63) is 117 Å². The van der Waals surface area contributed by atoms with Gasteiger partial charge in [0.05, 0.1) is 0 Å². The molecular weight excluding hydrogens is 446 g/mol. The highest BCUT2D eigenvalue weighted by Gasteiger charge is 2.13. The fraction of sp³-hybridized carbons (Fsp3) is 0.333. The van der Waals surface area contributed by atoms with Crippen LogP contribution in [0.5, 0.6) is 0 Å². The number of allylic oxidation sites excluding steroid dienone is 1. The van der Waals surface area contributed by atoms with Crippen molar-refractivity contribution in [2.45, 2.75) is 60.4 Å². The minimum absolute atomic E-state index is 0.653. The summed E-state index contributed by atoms with van der Waals surface area (Å²) in [5.74, 6) is 0.653. The normalized spacial score (nSPS) is 11.1. The summed E-state index contributed by atoms with van der Waals surface area (Å²) in [5, 5.41) is 0.801. The standard InChI is InChI=1S/C33H40ClN/c1-22(2)9-14-31-19-29(27(7)35(8)21-28-12-10-23(3)11-13-28)15-16-30(31)18-25(5)32-20-33(34)26(6)17-24(32)4/h10-13,15-17,19-20,22H,5,7,9,14,18,21H2,1-4,6,8H3. The molecule has 0 radical (unpaired) electrons. The molecule has 3 rings (SSSR count). The van der Waals surface area contributed by atoms with Crippen LogP contribution in [0.1, 0.15) is 64.8 Å². The number of hydrogen-bond donors (Lipinski definition) is 0. The maximum Gasteiger partial charge on any atom is 0.0441 e. The number of halogens is 1. The lowest BCUT2D eigenvalue weighted by molar-refractivity contribution is 0.476. The highest BCUT2D eigenvalue weighted by Crippen LogP contribution is 2.30. The second-order valence-corrected chi connectivity index (χ2v) is 10.8. The molecule has 3 aromatic rings. The Hall–Kier alpha value is -2.77. The van der Waals surface area contributed by atoms with E-state index in [1.165, 1.54) is 33.4 Å². The molecule has 0 fully saturated rings. The lowest BCUT2D eigenvalue weighted by Gasteiger charge is -2.24. The van der Waals surface area contributed by atoms with Crippen molar-refractivity contribution in [1.29, 1.82) is 0 Å². The predicted molar refractivity (Wildman–Crippen MR) is 155 cm³/mol. The summed E-state index contributed by atoms with van der Waals surface area (Å²) < 4.78 is 0. The van der Waals surface area contributed by atoms with Crippen molar-refractivity contribution in [2.75, 3.05) is 7.05 Å². The van der Waals surface area contributed by atoms with Gasteiger partial charge in [0.15, 0.2) is 0 Å². The summed E-state index contributed by atoms with van der Waals surface area (Å²) in [6.45, 7) is 20.6. The Morgan fingerprint density at radius 2 is 1.57 bits per heavy atom. The molecule has 0 aromatic heterocycles. The summed E-state index contributed by atoms with van der Waals surface area (Å²) in [7, 11) is 2.12. The van der Waals surface area contributed by atoms with Gasteiger partial charge in [0.25, 0.3) is 0 Å². The number of aryl methyl sites for hydroxylation is 4. The molecule has 3 aromatic carbocycles. The molecular formula is C33H40ClN. The molecule has 0 amide bonds. The first-order chi connectivity index (χ1) is 16.5. The number of rotatable bonds is 10. The van der Waals surface area contributed by atoms with Gasteiger partial charge >= 0.3 is 0 Å². The fourth-order valence-electron chi connectivity index (χ4n) is 4.47. The Balaban J connectivity index is 1.84. The van der Waals surface area contributed by atoms with E-state index in [0.717, 1.165) is 53.2 Å². The van der Waals surface area contributed by atoms with Gasteiger partial charge in [0.1, 0.15) is 0 Å². The molecule has 0 N–H and O–H groups in total. The molecule has 0 saturated heterocycles. The van der Waals surface area contributed by atoms with E-state index in [1.54, 1.807) is 0 Å². The van der Waals surface area contributed by atoms with Gasteiger partial charge in [-0.25, -0.2) is 0 Å². The monoisotopic (exact) mass is 485 g/mol. The van der Waals surface area contributed by atoms with E-state index in [0.29, 0.717) is 5.92 Å². The van der Waals surface area contributed by atoms with Gasteiger partial charge in [-0.2, -0.15) is 0 Å². The smallest absolute Gasteiger partial charge is 0.0441 e. The summed E-state index contributed by atoms with van der Waals surface area (Å²) in [4.78, 5) is 2.24. The Kier molecular flexibility index (Phi) is 9.03. The predicted octanol–water partition coefficient (Wildman–Crippen LogP) is 9.21. The van der Waals surface area contributed by atoms with E-state index in [9.17, 15) is 0 Å². The van der Waals surface area contributed by atoms with Crippen LogP contribution in [0.4, 0.5) is 0 Å². The van der Waals surface area contributed by atoms with Crippen molar-refractivity contribution in [3.8, 4) is 0 Å². The van der Waals surface area contributed by atoms with Crippen LogP contribution in [0.25, 0.3) is 11.3 Å². The molecule has 2 heteroatoms. The third kappa shape index (κ3) is 7.12. The van der Waals surface area contributed by atoms with Gasteiger partial charge in [-0.1, -0.05) is 86.6 Å². The molecule has 0 spiro atoms. The fourth-order valence-corrected chi connectivity index (χ4v) is 4.63. The highest BCUT2D eigenvalue weighted by molar-refractivity contribution is 6.31. The zero-order valence-electron chi connectivity index (χ0n) is 22.3. The van der Waals surface area contributed by atoms with Crippen LogP contribution in [0.2, 0.25) is 5.02 Å². The van der Waals surface area contributed by atoms with Gasteiger partial charge in [-0.15, -0.1) is 0 Å². The molecule has 35 heavy (non-hydrogen) atoms. The zero-order chi connectivity index (χ0) is 25.7. The molecule has 0 unspecified atom stereocenters. The minimum atomic E-state index is 0.653. The lowest BCUT2D eigenvalue weighted by Crippen LogP contribution is -2.16. The molecule has 0 bridgehead atoms. The van der Waals surface area contributed by atoms with E-state index in [2.05, 4.69) is 107 Å². The van der Waals surface area contributed by atoms with Crippen molar-refractivity contribution in [1.82, 2.24) is 4.90 Å². The van der Waals surface area contributed by atoms with Gasteiger partial charge in [-0.05, 0) is 103 Å².